The third-order valence-corrected chi connectivity index (χ3v) is 6.35. The number of anilines is 1. The average molecular weight is 528 g/mol. The first-order chi connectivity index (χ1) is 18.2. The molecule has 0 aliphatic carbocycles. The molecule has 3 aromatic heterocycles. The van der Waals surface area contributed by atoms with Gasteiger partial charge in [-0.15, -0.1) is 0 Å². The van der Waals surface area contributed by atoms with E-state index in [-0.39, 0.29) is 41.4 Å². The summed E-state index contributed by atoms with van der Waals surface area (Å²) in [5.74, 6) is 2.46. The maximum atomic E-state index is 15.0. The van der Waals surface area contributed by atoms with Crippen LogP contribution in [0.4, 0.5) is 23.4 Å². The summed E-state index contributed by atoms with van der Waals surface area (Å²) in [5.41, 5.74) is 4.92. The summed E-state index contributed by atoms with van der Waals surface area (Å²) in [6.45, 7) is 1.09. The second-order valence-corrected chi connectivity index (χ2v) is 8.54. The molecule has 196 valence electrons. The monoisotopic (exact) mass is 528 g/mol. The SMILES string of the molecule is C=CC(=O)N1CC(n2nc(C#Cc3c(F)cc4c(ncn4C(F)F)c3F)c3c(N)ncnc32)C[C@@H]1COC. The predicted molar refractivity (Wildman–Crippen MR) is 128 cm³/mol. The van der Waals surface area contributed by atoms with E-state index in [0.29, 0.717) is 23.2 Å². The van der Waals surface area contributed by atoms with Gasteiger partial charge in [-0.25, -0.2) is 28.4 Å². The van der Waals surface area contributed by atoms with Crippen molar-refractivity contribution >= 4 is 33.8 Å². The number of carbonyl (C=O) groups is 1. The van der Waals surface area contributed by atoms with Crippen molar-refractivity contribution in [1.82, 2.24) is 34.2 Å². The number of amides is 1. The van der Waals surface area contributed by atoms with Crippen LogP contribution in [-0.2, 0) is 9.53 Å². The lowest BCUT2D eigenvalue weighted by Crippen LogP contribution is -2.37. The van der Waals surface area contributed by atoms with Gasteiger partial charge in [0.25, 0.3) is 0 Å². The number of imidazole rings is 1. The van der Waals surface area contributed by atoms with Gasteiger partial charge < -0.3 is 15.4 Å². The Balaban J connectivity index is 1.59. The number of rotatable bonds is 5. The largest absolute Gasteiger partial charge is 0.383 e. The molecule has 38 heavy (non-hydrogen) atoms. The maximum absolute atomic E-state index is 15.0. The Morgan fingerprint density at radius 2 is 2.11 bits per heavy atom. The standard InChI is InChI=1S/C24H20F4N8O2/c1-3-18(37)34-8-12(6-13(34)9-38-2)36-23-19(22(29)30-10-31-23)16(33-36)5-4-14-15(25)7-17-21(20(14)26)32-11-35(17)24(27)28/h3,7,10-13,24H,1,6,8-9H2,2H3,(H2,29,30,31)/t12?,13-/m1/s1. The Morgan fingerprint density at radius 1 is 1.32 bits per heavy atom. The van der Waals surface area contributed by atoms with Gasteiger partial charge in [0, 0.05) is 19.7 Å². The minimum Gasteiger partial charge on any atom is -0.383 e. The van der Waals surface area contributed by atoms with Crippen molar-refractivity contribution in [3.05, 3.63) is 54.3 Å². The molecule has 0 spiro atoms. The van der Waals surface area contributed by atoms with Crippen LogP contribution < -0.4 is 5.73 Å². The molecule has 10 nitrogen and oxygen atoms in total. The van der Waals surface area contributed by atoms with Crippen LogP contribution in [0.3, 0.4) is 0 Å². The molecule has 14 heteroatoms. The molecule has 1 saturated heterocycles. The topological polar surface area (TPSA) is 117 Å². The molecule has 1 aliphatic rings. The number of nitrogens with zero attached hydrogens (tertiary/aromatic N) is 7. The summed E-state index contributed by atoms with van der Waals surface area (Å²) in [7, 11) is 1.53. The lowest BCUT2D eigenvalue weighted by Gasteiger charge is -2.22. The number of hydrogen-bond acceptors (Lipinski definition) is 7. The summed E-state index contributed by atoms with van der Waals surface area (Å²) < 4.78 is 63.2. The number of methoxy groups -OCH3 is 1. The van der Waals surface area contributed by atoms with Crippen LogP contribution in [0, 0.1) is 23.5 Å². The van der Waals surface area contributed by atoms with Gasteiger partial charge >= 0.3 is 6.55 Å². The second kappa shape index (κ2) is 9.75. The van der Waals surface area contributed by atoms with Crippen molar-refractivity contribution in [3.63, 3.8) is 0 Å². The van der Waals surface area contributed by atoms with Crippen molar-refractivity contribution in [2.24, 2.45) is 0 Å². The van der Waals surface area contributed by atoms with E-state index in [9.17, 15) is 18.0 Å². The van der Waals surface area contributed by atoms with E-state index in [2.05, 4.69) is 38.5 Å². The Labute approximate surface area is 212 Å². The summed E-state index contributed by atoms with van der Waals surface area (Å²) in [6, 6.07) is 0.163. The smallest absolute Gasteiger partial charge is 0.320 e. The summed E-state index contributed by atoms with van der Waals surface area (Å²) in [6.07, 6.45) is 3.66. The van der Waals surface area contributed by atoms with Crippen LogP contribution in [0.15, 0.2) is 31.4 Å². The molecule has 4 aromatic rings. The molecule has 1 aliphatic heterocycles. The number of fused-ring (bicyclic) bond motifs is 2. The summed E-state index contributed by atoms with van der Waals surface area (Å²) in [4.78, 5) is 25.9. The van der Waals surface area contributed by atoms with E-state index >= 15 is 4.39 Å². The zero-order valence-corrected chi connectivity index (χ0v) is 19.9. The Bertz CT molecular complexity index is 1640. The van der Waals surface area contributed by atoms with Crippen LogP contribution in [0.25, 0.3) is 22.1 Å². The van der Waals surface area contributed by atoms with Gasteiger partial charge in [0.1, 0.15) is 35.5 Å². The van der Waals surface area contributed by atoms with Crippen LogP contribution in [0.2, 0.25) is 0 Å². The van der Waals surface area contributed by atoms with E-state index in [1.165, 1.54) is 19.5 Å². The number of nitrogens with two attached hydrogens (primary N) is 1. The summed E-state index contributed by atoms with van der Waals surface area (Å²) in [5, 5.41) is 4.77. The van der Waals surface area contributed by atoms with Gasteiger partial charge in [-0.3, -0.25) is 9.36 Å². The fraction of sp³-hybridized carbons (Fsp3) is 0.292. The molecule has 1 fully saturated rings. The van der Waals surface area contributed by atoms with Gasteiger partial charge in [0.05, 0.1) is 35.2 Å². The number of nitrogen functional groups attached to an aromatic ring is 1. The van der Waals surface area contributed by atoms with Crippen molar-refractivity contribution in [2.45, 2.75) is 25.1 Å². The first kappa shape index (κ1) is 25.2. The third-order valence-electron chi connectivity index (χ3n) is 6.35. The lowest BCUT2D eigenvalue weighted by molar-refractivity contribution is -0.127. The first-order valence-electron chi connectivity index (χ1n) is 11.3. The zero-order valence-electron chi connectivity index (χ0n) is 19.9. The molecule has 1 amide bonds. The third kappa shape index (κ3) is 4.10. The van der Waals surface area contributed by atoms with E-state index < -0.39 is 34.8 Å². The highest BCUT2D eigenvalue weighted by atomic mass is 19.3. The highest BCUT2D eigenvalue weighted by Crippen LogP contribution is 2.32. The molecular weight excluding hydrogens is 508 g/mol. The number of likely N-dealkylation sites (tertiary alicyclic amines) is 1. The fourth-order valence-electron chi connectivity index (χ4n) is 4.63. The Hall–Kier alpha value is -4.51. The quantitative estimate of drug-likeness (QED) is 0.241. The molecule has 4 heterocycles. The summed E-state index contributed by atoms with van der Waals surface area (Å²) >= 11 is 0. The van der Waals surface area contributed by atoms with E-state index in [4.69, 9.17) is 10.5 Å². The maximum Gasteiger partial charge on any atom is 0.320 e. The van der Waals surface area contributed by atoms with Crippen LogP contribution >= 0.6 is 0 Å². The van der Waals surface area contributed by atoms with Gasteiger partial charge in [-0.05, 0) is 18.4 Å². The molecule has 0 saturated carbocycles. The highest BCUT2D eigenvalue weighted by molar-refractivity contribution is 5.91. The van der Waals surface area contributed by atoms with Gasteiger partial charge in [-0.1, -0.05) is 12.5 Å². The second-order valence-electron chi connectivity index (χ2n) is 8.54. The molecule has 0 bridgehead atoms. The number of hydrogen-bond donors (Lipinski definition) is 1. The van der Waals surface area contributed by atoms with Gasteiger partial charge in [0.15, 0.2) is 11.5 Å². The first-order valence-corrected chi connectivity index (χ1v) is 11.3. The fourth-order valence-corrected chi connectivity index (χ4v) is 4.63. The molecule has 5 rings (SSSR count). The van der Waals surface area contributed by atoms with Crippen LogP contribution in [0.5, 0.6) is 0 Å². The molecule has 1 aromatic carbocycles. The minimum atomic E-state index is -3.02. The lowest BCUT2D eigenvalue weighted by atomic mass is 10.1. The predicted octanol–water partition coefficient (Wildman–Crippen LogP) is 2.81. The van der Waals surface area contributed by atoms with Crippen molar-refractivity contribution in [2.75, 3.05) is 26.0 Å². The van der Waals surface area contributed by atoms with Gasteiger partial charge in [0.2, 0.25) is 5.91 Å². The number of benzene rings is 1. The van der Waals surface area contributed by atoms with Crippen molar-refractivity contribution < 1.29 is 27.1 Å². The Morgan fingerprint density at radius 3 is 2.82 bits per heavy atom. The number of aromatic nitrogens is 6. The molecule has 1 unspecified atom stereocenters. The molecule has 2 atom stereocenters. The number of alkyl halides is 2. The zero-order chi connectivity index (χ0) is 27.1. The molecular formula is C24H20F4N8O2. The van der Waals surface area contributed by atoms with E-state index in [1.807, 2.05) is 0 Å². The average Bonchev–Trinajstić information content (AvgIpc) is 3.59. The normalized spacial score (nSPS) is 17.4. The number of carbonyl (C=O) groups excluding carboxylic acids is 1. The minimum absolute atomic E-state index is 0.0445. The van der Waals surface area contributed by atoms with Crippen molar-refractivity contribution in [3.8, 4) is 11.8 Å². The van der Waals surface area contributed by atoms with E-state index in [1.54, 1.807) is 9.58 Å². The van der Waals surface area contributed by atoms with Crippen molar-refractivity contribution in [1.29, 1.82) is 0 Å². The molecule has 2 N–H and O–H groups in total. The van der Waals surface area contributed by atoms with Gasteiger partial charge in [-0.2, -0.15) is 13.9 Å². The Kier molecular flexibility index (Phi) is 6.45. The van der Waals surface area contributed by atoms with E-state index in [0.717, 1.165) is 12.4 Å². The highest BCUT2D eigenvalue weighted by Gasteiger charge is 2.37. The number of ether oxygens (including phenoxy) is 1. The number of halogens is 4. The van der Waals surface area contributed by atoms with Crippen LogP contribution in [0.1, 0.15) is 30.3 Å². The van der Waals surface area contributed by atoms with Crippen LogP contribution in [-0.4, -0.2) is 66.4 Å². The molecule has 0 radical (unpaired) electrons.